The molecule has 0 radical (unpaired) electrons. The van der Waals surface area contributed by atoms with Crippen molar-refractivity contribution in [2.24, 2.45) is 4.99 Å². The quantitative estimate of drug-likeness (QED) is 0.303. The van der Waals surface area contributed by atoms with Gasteiger partial charge in [0.15, 0.2) is 5.96 Å². The molecule has 166 valence electrons. The molecule has 1 saturated heterocycles. The van der Waals surface area contributed by atoms with Crippen molar-refractivity contribution in [3.05, 3.63) is 51.0 Å². The molecule has 0 atom stereocenters. The monoisotopic (exact) mass is 543 g/mol. The zero-order chi connectivity index (χ0) is 20.5. The third-order valence-corrected chi connectivity index (χ3v) is 6.10. The Morgan fingerprint density at radius 3 is 2.67 bits per heavy atom. The van der Waals surface area contributed by atoms with Crippen molar-refractivity contribution in [1.29, 1.82) is 0 Å². The number of thiazole rings is 1. The molecule has 2 heterocycles. The second-order valence-electron chi connectivity index (χ2n) is 7.33. The van der Waals surface area contributed by atoms with Gasteiger partial charge in [-0.25, -0.2) is 9.98 Å². The number of hydrogen-bond donors (Lipinski definition) is 2. The van der Waals surface area contributed by atoms with Gasteiger partial charge in [0, 0.05) is 44.0 Å². The average Bonchev–Trinajstić information content (AvgIpc) is 3.04. The summed E-state index contributed by atoms with van der Waals surface area (Å²) in [5.74, 6) is 0.857. The molecule has 1 aromatic carbocycles. The third kappa shape index (κ3) is 8.13. The van der Waals surface area contributed by atoms with Crippen LogP contribution in [0.4, 0.5) is 0 Å². The van der Waals surface area contributed by atoms with Crippen LogP contribution in [0.25, 0.3) is 0 Å². The molecule has 1 aliphatic rings. The van der Waals surface area contributed by atoms with Gasteiger partial charge in [-0.1, -0.05) is 24.3 Å². The number of benzene rings is 1. The number of aryl methyl sites for hydroxylation is 2. The number of aliphatic imine (C=N–C) groups is 1. The molecule has 8 heteroatoms. The van der Waals surface area contributed by atoms with Gasteiger partial charge < -0.3 is 15.4 Å². The van der Waals surface area contributed by atoms with Gasteiger partial charge in [0.05, 0.1) is 30.5 Å². The molecular weight excluding hydrogens is 509 g/mol. The number of hydrogen-bond acceptors (Lipinski definition) is 5. The summed E-state index contributed by atoms with van der Waals surface area (Å²) in [5.41, 5.74) is 3.72. The van der Waals surface area contributed by atoms with Crippen molar-refractivity contribution in [2.75, 3.05) is 39.4 Å². The van der Waals surface area contributed by atoms with E-state index in [9.17, 15) is 0 Å². The van der Waals surface area contributed by atoms with Crippen molar-refractivity contribution in [1.82, 2.24) is 20.5 Å². The molecule has 30 heavy (non-hydrogen) atoms. The molecule has 0 amide bonds. The fourth-order valence-corrected chi connectivity index (χ4v) is 4.22. The van der Waals surface area contributed by atoms with E-state index in [1.54, 1.807) is 11.3 Å². The van der Waals surface area contributed by atoms with Crippen molar-refractivity contribution < 1.29 is 4.74 Å². The first kappa shape index (κ1) is 25.0. The average molecular weight is 544 g/mol. The van der Waals surface area contributed by atoms with E-state index in [4.69, 9.17) is 9.73 Å². The van der Waals surface area contributed by atoms with Crippen LogP contribution in [-0.4, -0.2) is 55.2 Å². The van der Waals surface area contributed by atoms with E-state index in [1.165, 1.54) is 21.0 Å². The van der Waals surface area contributed by atoms with Crippen molar-refractivity contribution in [2.45, 2.75) is 40.3 Å². The zero-order valence-electron chi connectivity index (χ0n) is 18.2. The van der Waals surface area contributed by atoms with Gasteiger partial charge in [-0.3, -0.25) is 4.90 Å². The Balaban J connectivity index is 0.00000320. The Hall–Kier alpha value is -1.23. The fourth-order valence-electron chi connectivity index (χ4n) is 3.29. The largest absolute Gasteiger partial charge is 0.379 e. The molecule has 1 aliphatic heterocycles. The Morgan fingerprint density at radius 1 is 1.20 bits per heavy atom. The third-order valence-electron chi connectivity index (χ3n) is 4.97. The number of ether oxygens (including phenoxy) is 1. The van der Waals surface area contributed by atoms with Gasteiger partial charge in [-0.2, -0.15) is 0 Å². The van der Waals surface area contributed by atoms with Gasteiger partial charge >= 0.3 is 0 Å². The number of morpholine rings is 1. The first-order chi connectivity index (χ1) is 14.1. The molecule has 3 rings (SSSR count). The van der Waals surface area contributed by atoms with E-state index in [0.29, 0.717) is 6.54 Å². The molecule has 1 fully saturated rings. The molecule has 0 saturated carbocycles. The van der Waals surface area contributed by atoms with E-state index >= 15 is 0 Å². The minimum absolute atomic E-state index is 0. The Morgan fingerprint density at radius 2 is 1.97 bits per heavy atom. The number of nitrogens with zero attached hydrogens (tertiary/aromatic N) is 3. The predicted octanol–water partition coefficient (Wildman–Crippen LogP) is 3.51. The maximum atomic E-state index is 5.44. The number of rotatable bonds is 8. The van der Waals surface area contributed by atoms with Crippen LogP contribution in [0.3, 0.4) is 0 Å². The summed E-state index contributed by atoms with van der Waals surface area (Å²) in [7, 11) is 0. The van der Waals surface area contributed by atoms with Crippen LogP contribution in [-0.2, 0) is 24.2 Å². The molecular formula is C22H34IN5OS. The summed E-state index contributed by atoms with van der Waals surface area (Å²) in [4.78, 5) is 13.1. The van der Waals surface area contributed by atoms with Gasteiger partial charge in [0.1, 0.15) is 0 Å². The van der Waals surface area contributed by atoms with Crippen LogP contribution in [0.5, 0.6) is 0 Å². The number of nitrogens with one attached hydrogen (secondary N) is 2. The molecule has 2 aromatic rings. The van der Waals surface area contributed by atoms with Crippen LogP contribution < -0.4 is 10.6 Å². The lowest BCUT2D eigenvalue weighted by Gasteiger charge is -2.26. The molecule has 6 nitrogen and oxygen atoms in total. The minimum Gasteiger partial charge on any atom is -0.379 e. The second kappa shape index (κ2) is 13.2. The summed E-state index contributed by atoms with van der Waals surface area (Å²) in [5, 5.41) is 7.95. The molecule has 2 N–H and O–H groups in total. The van der Waals surface area contributed by atoms with Crippen LogP contribution in [0.2, 0.25) is 0 Å². The maximum absolute atomic E-state index is 5.44. The first-order valence-corrected chi connectivity index (χ1v) is 11.3. The smallest absolute Gasteiger partial charge is 0.191 e. The van der Waals surface area contributed by atoms with Crippen LogP contribution in [0.1, 0.15) is 33.6 Å². The summed E-state index contributed by atoms with van der Waals surface area (Å²) in [6.45, 7) is 13.3. The number of halogens is 1. The molecule has 0 aliphatic carbocycles. The molecule has 0 bridgehead atoms. The Labute approximate surface area is 201 Å². The van der Waals surface area contributed by atoms with E-state index in [1.807, 2.05) is 0 Å². The van der Waals surface area contributed by atoms with Gasteiger partial charge in [-0.05, 0) is 31.9 Å². The Kier molecular flexibility index (Phi) is 11.0. The van der Waals surface area contributed by atoms with Crippen molar-refractivity contribution in [3.63, 3.8) is 0 Å². The SMILES string of the molecule is CCNC(=NCc1cccc(CN2CCOCC2)c1)NCCc1nc(C)c(C)s1.I. The lowest BCUT2D eigenvalue weighted by atomic mass is 10.1. The van der Waals surface area contributed by atoms with Crippen LogP contribution in [0, 0.1) is 13.8 Å². The summed E-state index contributed by atoms with van der Waals surface area (Å²) >= 11 is 1.78. The number of aromatic nitrogens is 1. The van der Waals surface area contributed by atoms with Crippen LogP contribution >= 0.6 is 35.3 Å². The maximum Gasteiger partial charge on any atom is 0.191 e. The normalized spacial score (nSPS) is 15.0. The highest BCUT2D eigenvalue weighted by atomic mass is 127. The van der Waals surface area contributed by atoms with Crippen LogP contribution in [0.15, 0.2) is 29.3 Å². The highest BCUT2D eigenvalue weighted by Crippen LogP contribution is 2.16. The molecule has 1 aromatic heterocycles. The van der Waals surface area contributed by atoms with E-state index in [2.05, 4.69) is 65.6 Å². The van der Waals surface area contributed by atoms with Crippen molar-refractivity contribution >= 4 is 41.3 Å². The first-order valence-electron chi connectivity index (χ1n) is 10.5. The zero-order valence-corrected chi connectivity index (χ0v) is 21.4. The minimum atomic E-state index is 0. The number of guanidine groups is 1. The van der Waals surface area contributed by atoms with Gasteiger partial charge in [0.2, 0.25) is 0 Å². The fraction of sp³-hybridized carbons (Fsp3) is 0.545. The topological polar surface area (TPSA) is 61.8 Å². The van der Waals surface area contributed by atoms with Gasteiger partial charge in [0.25, 0.3) is 0 Å². The lowest BCUT2D eigenvalue weighted by molar-refractivity contribution is 0.0342. The molecule has 0 spiro atoms. The Bertz CT molecular complexity index is 785. The van der Waals surface area contributed by atoms with E-state index in [0.717, 1.165) is 64.0 Å². The summed E-state index contributed by atoms with van der Waals surface area (Å²) in [6.07, 6.45) is 0.915. The second-order valence-corrected chi connectivity index (χ2v) is 8.62. The highest BCUT2D eigenvalue weighted by Gasteiger charge is 2.10. The van der Waals surface area contributed by atoms with Crippen molar-refractivity contribution in [3.8, 4) is 0 Å². The van der Waals surface area contributed by atoms with Gasteiger partial charge in [-0.15, -0.1) is 35.3 Å². The summed E-state index contributed by atoms with van der Waals surface area (Å²) < 4.78 is 5.44. The predicted molar refractivity (Wildman–Crippen MR) is 136 cm³/mol. The van der Waals surface area contributed by atoms with E-state index in [-0.39, 0.29) is 24.0 Å². The standard InChI is InChI=1S/C22H33N5OS.HI/c1-4-23-22(24-9-8-21-26-17(2)18(3)29-21)25-15-19-6-5-7-20(14-19)16-27-10-12-28-13-11-27;/h5-7,14H,4,8-13,15-16H2,1-3H3,(H2,23,24,25);1H. The molecule has 0 unspecified atom stereocenters. The highest BCUT2D eigenvalue weighted by molar-refractivity contribution is 14.0. The summed E-state index contributed by atoms with van der Waals surface area (Å²) in [6, 6.07) is 8.75. The lowest BCUT2D eigenvalue weighted by Crippen LogP contribution is -2.38. The van der Waals surface area contributed by atoms with E-state index < -0.39 is 0 Å².